The van der Waals surface area contributed by atoms with Crippen molar-refractivity contribution in [2.45, 2.75) is 4.90 Å². The molecule has 0 bridgehead atoms. The van der Waals surface area contributed by atoms with Gasteiger partial charge in [0.2, 0.25) is 0 Å². The van der Waals surface area contributed by atoms with Gasteiger partial charge < -0.3 is 9.15 Å². The van der Waals surface area contributed by atoms with E-state index in [0.29, 0.717) is 13.2 Å². The average molecular weight is 328 g/mol. The predicted octanol–water partition coefficient (Wildman–Crippen LogP) is 5.61. The minimum Gasteiger partial charge on any atom is -0.456 e. The first kappa shape index (κ1) is 15.3. The third-order valence-corrected chi connectivity index (χ3v) is 4.68. The lowest BCUT2D eigenvalue weighted by Crippen LogP contribution is -1.96. The average Bonchev–Trinajstić information content (AvgIpc) is 2.55. The largest absolute Gasteiger partial charge is 0.456 e. The van der Waals surface area contributed by atoms with Crippen LogP contribution in [-0.4, -0.2) is 19.0 Å². The number of thioether (sulfide) groups is 1. The Morgan fingerprint density at radius 1 is 1.14 bits per heavy atom. The predicted molar refractivity (Wildman–Crippen MR) is 96.3 cm³/mol. The Morgan fingerprint density at radius 3 is 2.82 bits per heavy atom. The van der Waals surface area contributed by atoms with Crippen LogP contribution < -0.4 is 0 Å². The number of fused-ring (bicyclic) bond motifs is 2. The van der Waals surface area contributed by atoms with Crippen LogP contribution in [-0.2, 0) is 4.74 Å². The molecular formula is C18H16O2S2. The summed E-state index contributed by atoms with van der Waals surface area (Å²) in [7, 11) is 0. The van der Waals surface area contributed by atoms with Gasteiger partial charge in [-0.05, 0) is 30.3 Å². The lowest BCUT2D eigenvalue weighted by atomic mass is 10.1. The molecule has 0 aliphatic rings. The Hall–Kier alpha value is -1.62. The van der Waals surface area contributed by atoms with E-state index in [1.165, 1.54) is 4.90 Å². The van der Waals surface area contributed by atoms with Crippen molar-refractivity contribution < 1.29 is 9.15 Å². The molecule has 112 valence electrons. The monoisotopic (exact) mass is 328 g/mol. The third-order valence-electron chi connectivity index (χ3n) is 3.28. The van der Waals surface area contributed by atoms with Gasteiger partial charge in [-0.1, -0.05) is 30.4 Å². The lowest BCUT2D eigenvalue weighted by molar-refractivity contribution is 0.180. The van der Waals surface area contributed by atoms with Gasteiger partial charge in [0.1, 0.15) is 11.2 Å². The summed E-state index contributed by atoms with van der Waals surface area (Å²) in [5, 5.41) is 1.98. The summed E-state index contributed by atoms with van der Waals surface area (Å²) < 4.78 is 12.2. The van der Waals surface area contributed by atoms with Crippen molar-refractivity contribution >= 4 is 45.9 Å². The van der Waals surface area contributed by atoms with E-state index >= 15 is 0 Å². The topological polar surface area (TPSA) is 22.4 Å². The summed E-state index contributed by atoms with van der Waals surface area (Å²) in [4.78, 5) is 1.17. The van der Waals surface area contributed by atoms with Crippen LogP contribution in [0.25, 0.3) is 21.9 Å². The second kappa shape index (κ2) is 7.09. The maximum Gasteiger partial charge on any atom is 0.136 e. The number of hydrogen-bond donors (Lipinski definition) is 0. The Balaban J connectivity index is 1.89. The molecule has 22 heavy (non-hydrogen) atoms. The third kappa shape index (κ3) is 3.24. The Morgan fingerprint density at radius 2 is 1.95 bits per heavy atom. The van der Waals surface area contributed by atoms with Crippen molar-refractivity contribution in [3.05, 3.63) is 59.6 Å². The van der Waals surface area contributed by atoms with E-state index in [1.54, 1.807) is 17.8 Å². The molecule has 3 aromatic rings. The smallest absolute Gasteiger partial charge is 0.136 e. The van der Waals surface area contributed by atoms with Crippen molar-refractivity contribution in [2.24, 2.45) is 0 Å². The fraction of sp³-hybridized carbons (Fsp3) is 0.167. The highest BCUT2D eigenvalue weighted by atomic mass is 32.2. The van der Waals surface area contributed by atoms with Crippen molar-refractivity contribution in [3.8, 4) is 0 Å². The normalized spacial score (nSPS) is 11.1. The molecule has 0 aliphatic carbocycles. The standard InChI is InChI=1S/C18H16O2S2/c1-2-9-19-10-11-22-13-7-8-17-15(12-13)18(21)14-5-3-4-6-16(14)20-17/h2-8,12H,1,9-11H2. The van der Waals surface area contributed by atoms with Gasteiger partial charge in [0, 0.05) is 21.4 Å². The molecule has 0 spiro atoms. The van der Waals surface area contributed by atoms with Gasteiger partial charge in [-0.3, -0.25) is 0 Å². The zero-order valence-electron chi connectivity index (χ0n) is 12.1. The van der Waals surface area contributed by atoms with Crippen LogP contribution in [0.15, 0.2) is 64.4 Å². The summed E-state index contributed by atoms with van der Waals surface area (Å²) in [5.41, 5.74) is 1.66. The first-order chi connectivity index (χ1) is 10.8. The minimum absolute atomic E-state index is 0.597. The molecule has 3 rings (SSSR count). The number of ether oxygens (including phenoxy) is 1. The fourth-order valence-corrected chi connectivity index (χ4v) is 3.39. The summed E-state index contributed by atoms with van der Waals surface area (Å²) in [6.07, 6.45) is 1.76. The molecule has 0 fully saturated rings. The van der Waals surface area contributed by atoms with Crippen molar-refractivity contribution in [1.82, 2.24) is 0 Å². The molecule has 0 saturated heterocycles. The highest BCUT2D eigenvalue weighted by Gasteiger charge is 2.05. The van der Waals surface area contributed by atoms with Gasteiger partial charge in [0.15, 0.2) is 0 Å². The van der Waals surface area contributed by atoms with Gasteiger partial charge >= 0.3 is 0 Å². The first-order valence-electron chi connectivity index (χ1n) is 7.06. The number of rotatable bonds is 6. The van der Waals surface area contributed by atoms with Gasteiger partial charge in [0.25, 0.3) is 0 Å². The molecule has 0 unspecified atom stereocenters. The first-order valence-corrected chi connectivity index (χ1v) is 8.46. The van der Waals surface area contributed by atoms with Crippen LogP contribution in [0, 0.1) is 4.51 Å². The highest BCUT2D eigenvalue weighted by Crippen LogP contribution is 2.29. The molecule has 0 aliphatic heterocycles. The molecule has 0 amide bonds. The zero-order valence-corrected chi connectivity index (χ0v) is 13.7. The minimum atomic E-state index is 0.597. The van der Waals surface area contributed by atoms with E-state index in [2.05, 4.69) is 18.7 Å². The molecule has 0 atom stereocenters. The van der Waals surface area contributed by atoms with E-state index in [4.69, 9.17) is 21.4 Å². The second-order valence-corrected chi connectivity index (χ2v) is 6.37. The summed E-state index contributed by atoms with van der Waals surface area (Å²) >= 11 is 7.37. The molecular weight excluding hydrogens is 312 g/mol. The van der Waals surface area contributed by atoms with Gasteiger partial charge in [-0.25, -0.2) is 0 Å². The van der Waals surface area contributed by atoms with Crippen LogP contribution >= 0.6 is 24.0 Å². The van der Waals surface area contributed by atoms with Crippen LogP contribution in [0.4, 0.5) is 0 Å². The van der Waals surface area contributed by atoms with Crippen LogP contribution in [0.3, 0.4) is 0 Å². The molecule has 2 aromatic carbocycles. The number of para-hydroxylation sites is 1. The Kier molecular flexibility index (Phi) is 4.93. The Labute approximate surface area is 138 Å². The van der Waals surface area contributed by atoms with Crippen molar-refractivity contribution in [2.75, 3.05) is 19.0 Å². The molecule has 0 N–H and O–H groups in total. The molecule has 1 heterocycles. The molecule has 0 saturated carbocycles. The lowest BCUT2D eigenvalue weighted by Gasteiger charge is -2.06. The van der Waals surface area contributed by atoms with Crippen LogP contribution in [0.2, 0.25) is 0 Å². The maximum atomic E-state index is 5.93. The van der Waals surface area contributed by atoms with Crippen molar-refractivity contribution in [1.29, 1.82) is 0 Å². The van der Waals surface area contributed by atoms with Crippen LogP contribution in [0.1, 0.15) is 0 Å². The summed E-state index contributed by atoms with van der Waals surface area (Å²) in [6.45, 7) is 4.93. The van der Waals surface area contributed by atoms with E-state index < -0.39 is 0 Å². The SMILES string of the molecule is C=CCOCCSc1ccc2oc3ccccc3c(=S)c2c1. The molecule has 1 aromatic heterocycles. The van der Waals surface area contributed by atoms with Gasteiger partial charge in [-0.15, -0.1) is 18.3 Å². The second-order valence-electron chi connectivity index (χ2n) is 4.80. The van der Waals surface area contributed by atoms with Crippen molar-refractivity contribution in [3.63, 3.8) is 0 Å². The highest BCUT2D eigenvalue weighted by molar-refractivity contribution is 7.99. The fourth-order valence-electron chi connectivity index (χ4n) is 2.26. The molecule has 4 heteroatoms. The zero-order chi connectivity index (χ0) is 15.4. The quantitative estimate of drug-likeness (QED) is 0.193. The van der Waals surface area contributed by atoms with E-state index in [1.807, 2.05) is 30.3 Å². The van der Waals surface area contributed by atoms with E-state index in [0.717, 1.165) is 32.2 Å². The number of benzene rings is 2. The van der Waals surface area contributed by atoms with Gasteiger partial charge in [-0.2, -0.15) is 0 Å². The molecule has 2 nitrogen and oxygen atoms in total. The maximum absolute atomic E-state index is 5.93. The Bertz CT molecular complexity index is 868. The van der Waals surface area contributed by atoms with E-state index in [9.17, 15) is 0 Å². The van der Waals surface area contributed by atoms with Crippen LogP contribution in [0.5, 0.6) is 0 Å². The molecule has 0 radical (unpaired) electrons. The van der Waals surface area contributed by atoms with Gasteiger partial charge in [0.05, 0.1) is 17.7 Å². The van der Waals surface area contributed by atoms with E-state index in [-0.39, 0.29) is 0 Å². The summed E-state index contributed by atoms with van der Waals surface area (Å²) in [6, 6.07) is 14.0. The number of hydrogen-bond acceptors (Lipinski definition) is 4. The summed E-state index contributed by atoms with van der Waals surface area (Å²) in [5.74, 6) is 0.900.